The van der Waals surface area contributed by atoms with Crippen molar-refractivity contribution in [2.75, 3.05) is 13.2 Å². The molecule has 6 N–H and O–H groups in total. The molecule has 64 heavy (non-hydrogen) atoms. The summed E-state index contributed by atoms with van der Waals surface area (Å²) in [5, 5.41) is 54.4. The lowest BCUT2D eigenvalue weighted by molar-refractivity contribution is -0.302. The van der Waals surface area contributed by atoms with Crippen molar-refractivity contribution in [1.82, 2.24) is 5.32 Å². The van der Waals surface area contributed by atoms with Gasteiger partial charge < -0.3 is 40.3 Å². The lowest BCUT2D eigenvalue weighted by Gasteiger charge is -2.40. The fraction of sp³-hybridized carbons (Fsp3) is 0.836. The molecule has 0 saturated carbocycles. The summed E-state index contributed by atoms with van der Waals surface area (Å²) >= 11 is 0. The van der Waals surface area contributed by atoms with E-state index in [0.717, 1.165) is 57.8 Å². The molecule has 374 valence electrons. The molecule has 9 heteroatoms. The zero-order valence-electron chi connectivity index (χ0n) is 41.3. The van der Waals surface area contributed by atoms with Crippen molar-refractivity contribution in [2.24, 2.45) is 0 Å². The van der Waals surface area contributed by atoms with Gasteiger partial charge in [-0.25, -0.2) is 0 Å². The molecule has 0 bridgehead atoms. The molecule has 0 aliphatic carbocycles. The predicted octanol–water partition coefficient (Wildman–Crippen LogP) is 12.6. The van der Waals surface area contributed by atoms with Gasteiger partial charge in [-0.05, 0) is 70.6 Å². The molecular formula is C55H101NO8. The van der Waals surface area contributed by atoms with E-state index in [4.69, 9.17) is 9.47 Å². The van der Waals surface area contributed by atoms with Crippen LogP contribution in [0.25, 0.3) is 0 Å². The van der Waals surface area contributed by atoms with Crippen LogP contribution in [0.3, 0.4) is 0 Å². The monoisotopic (exact) mass is 904 g/mol. The maximum atomic E-state index is 13.0. The van der Waals surface area contributed by atoms with Gasteiger partial charge in [-0.15, -0.1) is 0 Å². The molecule has 1 fully saturated rings. The summed E-state index contributed by atoms with van der Waals surface area (Å²) in [6.45, 7) is 3.77. The molecule has 0 aromatic heterocycles. The van der Waals surface area contributed by atoms with Crippen LogP contribution in [0.5, 0.6) is 0 Å². The largest absolute Gasteiger partial charge is 0.394 e. The molecule has 1 aliphatic heterocycles. The summed E-state index contributed by atoms with van der Waals surface area (Å²) in [7, 11) is 0. The Morgan fingerprint density at radius 2 is 0.891 bits per heavy atom. The molecule has 1 amide bonds. The average molecular weight is 904 g/mol. The fourth-order valence-corrected chi connectivity index (χ4v) is 8.30. The van der Waals surface area contributed by atoms with E-state index in [1.807, 2.05) is 6.08 Å². The maximum absolute atomic E-state index is 13.0. The van der Waals surface area contributed by atoms with Crippen LogP contribution in [0.15, 0.2) is 48.6 Å². The highest BCUT2D eigenvalue weighted by molar-refractivity contribution is 5.76. The number of hydrogen-bond donors (Lipinski definition) is 6. The van der Waals surface area contributed by atoms with Crippen molar-refractivity contribution >= 4 is 5.91 Å². The lowest BCUT2D eigenvalue weighted by atomic mass is 9.99. The van der Waals surface area contributed by atoms with E-state index < -0.39 is 49.5 Å². The SMILES string of the molecule is CCCCCCCCCCCC/C=C\CCCCCCCCCC(=O)NC(COC1OC(CO)C(O)C(O)C1O)C(O)/C=C/CC/C=C/CC/C=C/CCCCCCCCCCCC. The Kier molecular flexibility index (Phi) is 42.3. The summed E-state index contributed by atoms with van der Waals surface area (Å²) in [5.74, 6) is -0.195. The van der Waals surface area contributed by atoms with Crippen molar-refractivity contribution in [3.63, 3.8) is 0 Å². The second kappa shape index (κ2) is 45.0. The Balaban J connectivity index is 2.32. The first-order valence-corrected chi connectivity index (χ1v) is 26.9. The van der Waals surface area contributed by atoms with Crippen LogP contribution in [-0.4, -0.2) is 87.5 Å². The lowest BCUT2D eigenvalue weighted by Crippen LogP contribution is -2.60. The molecule has 7 atom stereocenters. The van der Waals surface area contributed by atoms with Crippen LogP contribution in [0.2, 0.25) is 0 Å². The second-order valence-corrected chi connectivity index (χ2v) is 18.6. The number of nitrogens with one attached hydrogen (secondary N) is 1. The van der Waals surface area contributed by atoms with Gasteiger partial charge in [-0.1, -0.05) is 210 Å². The Labute approximate surface area is 393 Å². The molecule has 1 aliphatic rings. The van der Waals surface area contributed by atoms with Gasteiger partial charge in [-0.3, -0.25) is 4.79 Å². The number of rotatable bonds is 45. The molecule has 0 aromatic rings. The van der Waals surface area contributed by atoms with E-state index >= 15 is 0 Å². The predicted molar refractivity (Wildman–Crippen MR) is 267 cm³/mol. The number of allylic oxidation sites excluding steroid dienone is 7. The third kappa shape index (κ3) is 34.5. The van der Waals surface area contributed by atoms with E-state index in [1.165, 1.54) is 161 Å². The van der Waals surface area contributed by atoms with Crippen molar-refractivity contribution in [3.05, 3.63) is 48.6 Å². The standard InChI is InChI=1S/C55H101NO8/c1-3-5-7-9-11-13-15-17-19-21-23-25-27-29-31-33-35-37-39-41-43-45-51(59)56-48(47-63-55-54(62)53(61)52(60)50(46-57)64-55)49(58)44-42-40-38-36-34-32-30-28-26-24-22-20-18-16-14-12-10-8-6-4-2/h25-28,34,36,42,44,48-50,52-55,57-58,60-62H,3-24,29-33,35,37-41,43,45-47H2,1-2H3,(H,56,59)/b27-25-,28-26+,36-34+,44-42+. The van der Waals surface area contributed by atoms with Crippen molar-refractivity contribution in [1.29, 1.82) is 0 Å². The third-order valence-electron chi connectivity index (χ3n) is 12.6. The summed E-state index contributed by atoms with van der Waals surface area (Å²) in [4.78, 5) is 13.0. The third-order valence-corrected chi connectivity index (χ3v) is 12.6. The Bertz CT molecular complexity index is 1140. The second-order valence-electron chi connectivity index (χ2n) is 18.6. The molecule has 1 heterocycles. The zero-order valence-corrected chi connectivity index (χ0v) is 41.3. The quantitative estimate of drug-likeness (QED) is 0.0261. The van der Waals surface area contributed by atoms with Gasteiger partial charge in [0.1, 0.15) is 24.4 Å². The van der Waals surface area contributed by atoms with E-state index in [9.17, 15) is 30.3 Å². The average Bonchev–Trinajstić information content (AvgIpc) is 3.29. The summed E-state index contributed by atoms with van der Waals surface area (Å²) in [6.07, 6.45) is 51.6. The van der Waals surface area contributed by atoms with Crippen LogP contribution in [0.4, 0.5) is 0 Å². The van der Waals surface area contributed by atoms with Gasteiger partial charge in [0.05, 0.1) is 25.4 Å². The first kappa shape index (κ1) is 60.2. The Morgan fingerprint density at radius 1 is 0.516 bits per heavy atom. The van der Waals surface area contributed by atoms with Crippen LogP contribution < -0.4 is 5.32 Å². The normalized spacial score (nSPS) is 20.4. The molecule has 0 spiro atoms. The number of amides is 1. The molecule has 9 nitrogen and oxygen atoms in total. The molecular weight excluding hydrogens is 803 g/mol. The number of carbonyl (C=O) groups excluding carboxylic acids is 1. The first-order chi connectivity index (χ1) is 31.3. The maximum Gasteiger partial charge on any atom is 0.220 e. The van der Waals surface area contributed by atoms with Gasteiger partial charge >= 0.3 is 0 Å². The minimum atomic E-state index is -1.58. The Hall–Kier alpha value is -1.85. The molecule has 1 saturated heterocycles. The molecule has 1 rings (SSSR count). The number of carbonyl (C=O) groups is 1. The fourth-order valence-electron chi connectivity index (χ4n) is 8.30. The highest BCUT2D eigenvalue weighted by Crippen LogP contribution is 2.23. The van der Waals surface area contributed by atoms with E-state index in [0.29, 0.717) is 6.42 Å². The topological polar surface area (TPSA) is 149 Å². The van der Waals surface area contributed by atoms with Gasteiger partial charge in [0, 0.05) is 6.42 Å². The number of aliphatic hydroxyl groups excluding tert-OH is 5. The molecule has 0 aromatic carbocycles. The van der Waals surface area contributed by atoms with Crippen molar-refractivity contribution < 1.29 is 39.8 Å². The molecule has 0 radical (unpaired) electrons. The van der Waals surface area contributed by atoms with E-state index in [-0.39, 0.29) is 12.5 Å². The van der Waals surface area contributed by atoms with Gasteiger partial charge in [0.15, 0.2) is 6.29 Å². The van der Waals surface area contributed by atoms with Crippen LogP contribution in [-0.2, 0) is 14.3 Å². The summed E-state index contributed by atoms with van der Waals surface area (Å²) in [6, 6.07) is -0.831. The highest BCUT2D eigenvalue weighted by Gasteiger charge is 2.44. The van der Waals surface area contributed by atoms with E-state index in [1.54, 1.807) is 6.08 Å². The van der Waals surface area contributed by atoms with E-state index in [2.05, 4.69) is 55.6 Å². The summed E-state index contributed by atoms with van der Waals surface area (Å²) in [5.41, 5.74) is 0. The number of unbranched alkanes of at least 4 members (excludes halogenated alkanes) is 29. The summed E-state index contributed by atoms with van der Waals surface area (Å²) < 4.78 is 11.2. The van der Waals surface area contributed by atoms with Crippen molar-refractivity contribution in [3.8, 4) is 0 Å². The van der Waals surface area contributed by atoms with Crippen LogP contribution in [0.1, 0.15) is 239 Å². The minimum Gasteiger partial charge on any atom is -0.394 e. The van der Waals surface area contributed by atoms with Crippen LogP contribution in [0, 0.1) is 0 Å². The smallest absolute Gasteiger partial charge is 0.220 e. The zero-order chi connectivity index (χ0) is 46.6. The van der Waals surface area contributed by atoms with Gasteiger partial charge in [0.2, 0.25) is 5.91 Å². The highest BCUT2D eigenvalue weighted by atomic mass is 16.7. The number of hydrogen-bond acceptors (Lipinski definition) is 8. The number of ether oxygens (including phenoxy) is 2. The van der Waals surface area contributed by atoms with Crippen molar-refractivity contribution in [2.45, 2.75) is 281 Å². The number of aliphatic hydroxyl groups is 5. The first-order valence-electron chi connectivity index (χ1n) is 26.9. The Morgan fingerprint density at radius 3 is 1.31 bits per heavy atom. The van der Waals surface area contributed by atoms with Crippen LogP contribution >= 0.6 is 0 Å². The van der Waals surface area contributed by atoms with Gasteiger partial charge in [-0.2, -0.15) is 0 Å². The minimum absolute atomic E-state index is 0.195. The molecule has 7 unspecified atom stereocenters. The van der Waals surface area contributed by atoms with Gasteiger partial charge in [0.25, 0.3) is 0 Å².